The SMILES string of the molecule is Cc1c(NC(=O)Cc2csc(NC(=O)c3cccs3)n2)cccc1[N+](=O)[O-]. The molecule has 0 saturated heterocycles. The lowest BCUT2D eigenvalue weighted by molar-refractivity contribution is -0.385. The van der Waals surface area contributed by atoms with E-state index in [1.54, 1.807) is 30.5 Å². The summed E-state index contributed by atoms with van der Waals surface area (Å²) in [5, 5.41) is 20.2. The van der Waals surface area contributed by atoms with E-state index in [9.17, 15) is 19.7 Å². The molecule has 1 aromatic carbocycles. The van der Waals surface area contributed by atoms with E-state index in [0.717, 1.165) is 0 Å². The largest absolute Gasteiger partial charge is 0.325 e. The summed E-state index contributed by atoms with van der Waals surface area (Å²) in [7, 11) is 0. The van der Waals surface area contributed by atoms with Crippen LogP contribution >= 0.6 is 22.7 Å². The third-order valence-electron chi connectivity index (χ3n) is 3.63. The Kier molecular flexibility index (Phi) is 5.57. The van der Waals surface area contributed by atoms with Gasteiger partial charge in [-0.1, -0.05) is 12.1 Å². The lowest BCUT2D eigenvalue weighted by Gasteiger charge is -2.07. The van der Waals surface area contributed by atoms with Gasteiger partial charge < -0.3 is 5.32 Å². The molecule has 0 spiro atoms. The number of nitro groups is 1. The minimum absolute atomic E-state index is 0.00644. The van der Waals surface area contributed by atoms with Gasteiger partial charge in [0, 0.05) is 11.4 Å². The summed E-state index contributed by atoms with van der Waals surface area (Å²) in [5.74, 6) is -0.595. The van der Waals surface area contributed by atoms with Crippen molar-refractivity contribution >= 4 is 51.0 Å². The van der Waals surface area contributed by atoms with Crippen molar-refractivity contribution in [2.75, 3.05) is 10.6 Å². The first kappa shape index (κ1) is 18.7. The molecule has 0 aliphatic carbocycles. The molecule has 8 nitrogen and oxygen atoms in total. The van der Waals surface area contributed by atoms with E-state index in [-0.39, 0.29) is 23.9 Å². The number of thiazole rings is 1. The highest BCUT2D eigenvalue weighted by Gasteiger charge is 2.16. The van der Waals surface area contributed by atoms with E-state index in [2.05, 4.69) is 15.6 Å². The molecule has 2 N–H and O–H groups in total. The Morgan fingerprint density at radius 2 is 2.00 bits per heavy atom. The number of hydrogen-bond acceptors (Lipinski definition) is 7. The van der Waals surface area contributed by atoms with Crippen LogP contribution in [0.4, 0.5) is 16.5 Å². The second-order valence-corrected chi connectivity index (χ2v) is 7.31. The van der Waals surface area contributed by atoms with Crippen LogP contribution in [0, 0.1) is 17.0 Å². The highest BCUT2D eigenvalue weighted by molar-refractivity contribution is 7.14. The van der Waals surface area contributed by atoms with Crippen LogP contribution in [0.25, 0.3) is 0 Å². The van der Waals surface area contributed by atoms with Crippen molar-refractivity contribution in [1.29, 1.82) is 0 Å². The first-order valence-electron chi connectivity index (χ1n) is 7.77. The molecule has 0 fully saturated rings. The monoisotopic (exact) mass is 402 g/mol. The van der Waals surface area contributed by atoms with Crippen molar-refractivity contribution < 1.29 is 14.5 Å². The van der Waals surface area contributed by atoms with Gasteiger partial charge in [-0.2, -0.15) is 0 Å². The van der Waals surface area contributed by atoms with Crippen LogP contribution in [0.2, 0.25) is 0 Å². The van der Waals surface area contributed by atoms with Crippen LogP contribution in [-0.2, 0) is 11.2 Å². The second kappa shape index (κ2) is 8.06. The molecule has 0 aliphatic heterocycles. The number of aromatic nitrogens is 1. The van der Waals surface area contributed by atoms with Gasteiger partial charge in [-0.25, -0.2) is 4.98 Å². The Morgan fingerprint density at radius 1 is 1.19 bits per heavy atom. The van der Waals surface area contributed by atoms with Gasteiger partial charge in [0.1, 0.15) is 0 Å². The van der Waals surface area contributed by atoms with Crippen molar-refractivity contribution in [1.82, 2.24) is 4.98 Å². The molecule has 0 unspecified atom stereocenters. The summed E-state index contributed by atoms with van der Waals surface area (Å²) in [5.41, 5.74) is 1.22. The maximum Gasteiger partial charge on any atom is 0.274 e. The van der Waals surface area contributed by atoms with E-state index in [4.69, 9.17) is 0 Å². The minimum Gasteiger partial charge on any atom is -0.325 e. The Labute approximate surface area is 162 Å². The van der Waals surface area contributed by atoms with Crippen LogP contribution in [0.1, 0.15) is 20.9 Å². The molecule has 3 aromatic rings. The molecule has 0 bridgehead atoms. The zero-order valence-electron chi connectivity index (χ0n) is 14.1. The number of rotatable bonds is 6. The topological polar surface area (TPSA) is 114 Å². The van der Waals surface area contributed by atoms with E-state index in [1.165, 1.54) is 34.8 Å². The quantitative estimate of drug-likeness (QED) is 0.480. The van der Waals surface area contributed by atoms with E-state index < -0.39 is 4.92 Å². The molecular weight excluding hydrogens is 388 g/mol. The van der Waals surface area contributed by atoms with E-state index in [1.807, 2.05) is 5.38 Å². The first-order valence-corrected chi connectivity index (χ1v) is 9.53. The third kappa shape index (κ3) is 4.54. The van der Waals surface area contributed by atoms with E-state index >= 15 is 0 Å². The van der Waals surface area contributed by atoms with Gasteiger partial charge in [0.05, 0.1) is 33.2 Å². The number of benzene rings is 1. The summed E-state index contributed by atoms with van der Waals surface area (Å²) in [6.07, 6.45) is -0.00644. The van der Waals surface area contributed by atoms with Gasteiger partial charge in [0.25, 0.3) is 11.6 Å². The molecule has 0 radical (unpaired) electrons. The van der Waals surface area contributed by atoms with Crippen LogP contribution in [0.3, 0.4) is 0 Å². The van der Waals surface area contributed by atoms with E-state index in [0.29, 0.717) is 27.0 Å². The standard InChI is InChI=1S/C17H14N4O4S2/c1-10-12(4-2-5-13(10)21(24)25)19-15(22)8-11-9-27-17(18-11)20-16(23)14-6-3-7-26-14/h2-7,9H,8H2,1H3,(H,19,22)(H,18,20,23). The summed E-state index contributed by atoms with van der Waals surface area (Å²) in [6, 6.07) is 8.00. The summed E-state index contributed by atoms with van der Waals surface area (Å²) in [4.78, 5) is 39.5. The average molecular weight is 402 g/mol. The fourth-order valence-corrected chi connectivity index (χ4v) is 3.65. The predicted octanol–water partition coefficient (Wildman–Crippen LogP) is 3.85. The number of anilines is 2. The Balaban J connectivity index is 1.62. The lowest BCUT2D eigenvalue weighted by atomic mass is 10.1. The second-order valence-electron chi connectivity index (χ2n) is 5.51. The molecule has 27 heavy (non-hydrogen) atoms. The lowest BCUT2D eigenvalue weighted by Crippen LogP contribution is -2.16. The van der Waals surface area contributed by atoms with Crippen molar-refractivity contribution in [3.05, 3.63) is 67.3 Å². The highest BCUT2D eigenvalue weighted by Crippen LogP contribution is 2.25. The van der Waals surface area contributed by atoms with Crippen LogP contribution < -0.4 is 10.6 Å². The van der Waals surface area contributed by atoms with Gasteiger partial charge in [-0.05, 0) is 24.4 Å². The zero-order chi connectivity index (χ0) is 19.4. The summed E-state index contributed by atoms with van der Waals surface area (Å²) < 4.78 is 0. The number of hydrogen-bond donors (Lipinski definition) is 2. The number of amides is 2. The maximum absolute atomic E-state index is 12.2. The fraction of sp³-hybridized carbons (Fsp3) is 0.118. The molecule has 138 valence electrons. The predicted molar refractivity (Wildman–Crippen MR) is 105 cm³/mol. The van der Waals surface area contributed by atoms with Crippen LogP contribution in [0.15, 0.2) is 41.1 Å². The number of nitrogens with zero attached hydrogens (tertiary/aromatic N) is 2. The van der Waals surface area contributed by atoms with Crippen molar-refractivity contribution in [3.8, 4) is 0 Å². The van der Waals surface area contributed by atoms with Gasteiger partial charge in [-0.15, -0.1) is 22.7 Å². The van der Waals surface area contributed by atoms with Crippen molar-refractivity contribution in [2.45, 2.75) is 13.3 Å². The van der Waals surface area contributed by atoms with Crippen molar-refractivity contribution in [3.63, 3.8) is 0 Å². The maximum atomic E-state index is 12.2. The molecule has 2 amide bonds. The molecular formula is C17H14N4O4S2. The van der Waals surface area contributed by atoms with Gasteiger partial charge in [-0.3, -0.25) is 25.0 Å². The minimum atomic E-state index is -0.492. The first-order chi connectivity index (χ1) is 12.9. The average Bonchev–Trinajstić information content (AvgIpc) is 3.28. The molecule has 2 aromatic heterocycles. The molecule has 0 aliphatic rings. The Bertz CT molecular complexity index is 998. The van der Waals surface area contributed by atoms with Gasteiger partial charge >= 0.3 is 0 Å². The normalized spacial score (nSPS) is 10.4. The number of carbonyl (C=O) groups is 2. The third-order valence-corrected chi connectivity index (χ3v) is 5.31. The summed E-state index contributed by atoms with van der Waals surface area (Å²) >= 11 is 2.55. The fourth-order valence-electron chi connectivity index (χ4n) is 2.33. The molecule has 10 heteroatoms. The van der Waals surface area contributed by atoms with Gasteiger partial charge in [0.15, 0.2) is 5.13 Å². The molecule has 0 saturated carbocycles. The number of thiophene rings is 1. The number of nitrogens with one attached hydrogen (secondary N) is 2. The van der Waals surface area contributed by atoms with Crippen molar-refractivity contribution in [2.24, 2.45) is 0 Å². The molecule has 3 rings (SSSR count). The highest BCUT2D eigenvalue weighted by atomic mass is 32.1. The zero-order valence-corrected chi connectivity index (χ0v) is 15.7. The number of nitro benzene ring substituents is 1. The Hall–Kier alpha value is -3.11. The van der Waals surface area contributed by atoms with Crippen LogP contribution in [-0.4, -0.2) is 21.7 Å². The smallest absolute Gasteiger partial charge is 0.274 e. The van der Waals surface area contributed by atoms with Gasteiger partial charge in [0.2, 0.25) is 5.91 Å². The Morgan fingerprint density at radius 3 is 2.70 bits per heavy atom. The van der Waals surface area contributed by atoms with Crippen LogP contribution in [0.5, 0.6) is 0 Å². The number of carbonyl (C=O) groups excluding carboxylic acids is 2. The molecule has 2 heterocycles. The summed E-state index contributed by atoms with van der Waals surface area (Å²) in [6.45, 7) is 1.58. The molecule has 0 atom stereocenters.